The average molecular weight is 200 g/mol. The molecule has 0 rings (SSSR count). The molecule has 0 saturated heterocycles. The number of aliphatic hydroxyl groups excluding tert-OH is 1. The summed E-state index contributed by atoms with van der Waals surface area (Å²) in [6.45, 7) is 0. The second-order valence-electron chi connectivity index (χ2n) is 2.23. The van der Waals surface area contributed by atoms with E-state index in [-0.39, 0.29) is 6.42 Å². The normalized spacial score (nSPS) is 14.3. The molecule has 1 unspecified atom stereocenters. The summed E-state index contributed by atoms with van der Waals surface area (Å²) in [5, 5.41) is 16.7. The van der Waals surface area contributed by atoms with Gasteiger partial charge in [0.25, 0.3) is 0 Å². The molecule has 0 aliphatic heterocycles. The van der Waals surface area contributed by atoms with Gasteiger partial charge in [0.1, 0.15) is 6.10 Å². The molecular weight excluding hydrogens is 190 g/mol. The summed E-state index contributed by atoms with van der Waals surface area (Å²) in [4.78, 5) is 9.91. The van der Waals surface area contributed by atoms with Gasteiger partial charge in [-0.3, -0.25) is 0 Å². The van der Waals surface area contributed by atoms with E-state index >= 15 is 0 Å². The molecule has 2 N–H and O–H groups in total. The second kappa shape index (κ2) is 4.61. The molecule has 0 saturated carbocycles. The number of rotatable bonds is 5. The van der Waals surface area contributed by atoms with Gasteiger partial charge in [-0.05, 0) is 18.4 Å². The van der Waals surface area contributed by atoms with Crippen LogP contribution in [-0.4, -0.2) is 40.2 Å². The van der Waals surface area contributed by atoms with E-state index in [4.69, 9.17) is 10.2 Å². The first-order valence-electron chi connectivity index (χ1n) is 3.21. The second-order valence-corrected chi connectivity index (χ2v) is 3.21. The lowest BCUT2D eigenvalue weighted by Gasteiger charge is -2.17. The van der Waals surface area contributed by atoms with Crippen LogP contribution in [0.15, 0.2) is 0 Å². The van der Waals surface area contributed by atoms with Crippen molar-refractivity contribution in [2.75, 3.05) is 12.0 Å². The smallest absolute Gasteiger partial charge is 0.377 e. The molecular formula is C6H10F2O3S. The van der Waals surface area contributed by atoms with Crippen LogP contribution < -0.4 is 0 Å². The van der Waals surface area contributed by atoms with Crippen molar-refractivity contribution in [3.8, 4) is 0 Å². The number of aliphatic carboxylic acids is 1. The Kier molecular flexibility index (Phi) is 4.47. The molecule has 0 aromatic carbocycles. The molecule has 72 valence electrons. The van der Waals surface area contributed by atoms with Crippen LogP contribution in [0, 0.1) is 0 Å². The molecule has 0 aliphatic carbocycles. The minimum absolute atomic E-state index is 0.222. The SMILES string of the molecule is CSCCC(O)C(F)(F)C(=O)O. The molecule has 0 spiro atoms. The number of hydrogen-bond acceptors (Lipinski definition) is 3. The van der Waals surface area contributed by atoms with E-state index in [1.165, 1.54) is 11.8 Å². The minimum atomic E-state index is -4.03. The van der Waals surface area contributed by atoms with Crippen LogP contribution >= 0.6 is 11.8 Å². The number of carboxylic acids is 1. The number of carboxylic acid groups (broad SMARTS) is 1. The zero-order valence-corrected chi connectivity index (χ0v) is 7.27. The highest BCUT2D eigenvalue weighted by Crippen LogP contribution is 2.22. The molecule has 0 aromatic rings. The molecule has 0 radical (unpaired) electrons. The predicted octanol–water partition coefficient (Wildman–Crippen LogP) is 0.820. The van der Waals surface area contributed by atoms with Crippen molar-refractivity contribution in [1.29, 1.82) is 0 Å². The van der Waals surface area contributed by atoms with E-state index in [0.717, 1.165) is 0 Å². The van der Waals surface area contributed by atoms with Gasteiger partial charge in [-0.1, -0.05) is 0 Å². The van der Waals surface area contributed by atoms with Crippen LogP contribution in [0.3, 0.4) is 0 Å². The van der Waals surface area contributed by atoms with Gasteiger partial charge in [0.2, 0.25) is 0 Å². The first kappa shape index (κ1) is 11.6. The van der Waals surface area contributed by atoms with Gasteiger partial charge in [-0.15, -0.1) is 0 Å². The van der Waals surface area contributed by atoms with Gasteiger partial charge in [0.15, 0.2) is 0 Å². The first-order chi connectivity index (χ1) is 5.42. The highest BCUT2D eigenvalue weighted by molar-refractivity contribution is 7.98. The van der Waals surface area contributed by atoms with Crippen molar-refractivity contribution in [3.05, 3.63) is 0 Å². The summed E-state index contributed by atoms with van der Waals surface area (Å²) in [7, 11) is 0. The summed E-state index contributed by atoms with van der Waals surface area (Å²) >= 11 is 1.27. The van der Waals surface area contributed by atoms with Crippen molar-refractivity contribution in [3.63, 3.8) is 0 Å². The van der Waals surface area contributed by atoms with Crippen LogP contribution in [-0.2, 0) is 4.79 Å². The van der Waals surface area contributed by atoms with Gasteiger partial charge in [0, 0.05) is 0 Å². The highest BCUT2D eigenvalue weighted by atomic mass is 32.2. The third-order valence-electron chi connectivity index (χ3n) is 1.30. The van der Waals surface area contributed by atoms with E-state index in [2.05, 4.69) is 0 Å². The number of aliphatic hydroxyl groups is 1. The molecule has 12 heavy (non-hydrogen) atoms. The maximum absolute atomic E-state index is 12.4. The Morgan fingerprint density at radius 2 is 2.17 bits per heavy atom. The molecule has 1 atom stereocenters. The molecule has 0 bridgehead atoms. The van der Waals surface area contributed by atoms with Crippen molar-refractivity contribution < 1.29 is 23.8 Å². The van der Waals surface area contributed by atoms with Crippen molar-refractivity contribution in [2.24, 2.45) is 0 Å². The number of halogens is 2. The molecule has 0 fully saturated rings. The minimum Gasteiger partial charge on any atom is -0.477 e. The molecule has 3 nitrogen and oxygen atoms in total. The summed E-state index contributed by atoms with van der Waals surface area (Å²) < 4.78 is 24.8. The van der Waals surface area contributed by atoms with Gasteiger partial charge < -0.3 is 10.2 Å². The van der Waals surface area contributed by atoms with Crippen LogP contribution in [0.5, 0.6) is 0 Å². The number of carbonyl (C=O) groups is 1. The van der Waals surface area contributed by atoms with Crippen molar-refractivity contribution in [1.82, 2.24) is 0 Å². The highest BCUT2D eigenvalue weighted by Gasteiger charge is 2.46. The Labute approximate surface area is 72.8 Å². The number of alkyl halides is 2. The Morgan fingerprint density at radius 1 is 1.67 bits per heavy atom. The van der Waals surface area contributed by atoms with E-state index in [1.54, 1.807) is 6.26 Å². The number of thioether (sulfide) groups is 1. The van der Waals surface area contributed by atoms with Gasteiger partial charge in [-0.2, -0.15) is 20.5 Å². The Morgan fingerprint density at radius 3 is 2.50 bits per heavy atom. The molecule has 0 aromatic heterocycles. The quantitative estimate of drug-likeness (QED) is 0.689. The summed E-state index contributed by atoms with van der Waals surface area (Å²) in [6, 6.07) is 0. The lowest BCUT2D eigenvalue weighted by molar-refractivity contribution is -0.181. The van der Waals surface area contributed by atoms with Crippen LogP contribution in [0.4, 0.5) is 8.78 Å². The monoisotopic (exact) mass is 200 g/mol. The van der Waals surface area contributed by atoms with E-state index < -0.39 is 18.0 Å². The summed E-state index contributed by atoms with van der Waals surface area (Å²) in [6.07, 6.45) is -0.631. The Hall–Kier alpha value is -0.360. The lowest BCUT2D eigenvalue weighted by Crippen LogP contribution is -2.41. The zero-order chi connectivity index (χ0) is 9.78. The van der Waals surface area contributed by atoms with Crippen molar-refractivity contribution in [2.45, 2.75) is 18.4 Å². The fourth-order valence-corrected chi connectivity index (χ4v) is 1.01. The molecule has 6 heteroatoms. The van der Waals surface area contributed by atoms with E-state index in [0.29, 0.717) is 5.75 Å². The number of hydrogen-bond donors (Lipinski definition) is 2. The molecule has 0 amide bonds. The molecule has 0 aliphatic rings. The Bertz CT molecular complexity index is 163. The van der Waals surface area contributed by atoms with Crippen LogP contribution in [0.25, 0.3) is 0 Å². The van der Waals surface area contributed by atoms with Crippen LogP contribution in [0.2, 0.25) is 0 Å². The van der Waals surface area contributed by atoms with E-state index in [9.17, 15) is 13.6 Å². The Balaban J connectivity index is 4.06. The topological polar surface area (TPSA) is 57.5 Å². The fraction of sp³-hybridized carbons (Fsp3) is 0.833. The molecule has 0 heterocycles. The van der Waals surface area contributed by atoms with Gasteiger partial charge >= 0.3 is 11.9 Å². The summed E-state index contributed by atoms with van der Waals surface area (Å²) in [5.74, 6) is -6.00. The predicted molar refractivity (Wildman–Crippen MR) is 41.6 cm³/mol. The standard InChI is InChI=1S/C6H10F2O3S/c1-12-3-2-4(9)6(7,8)5(10)11/h4,9H,2-3H2,1H3,(H,10,11). The average Bonchev–Trinajstić information content (AvgIpc) is 1.99. The zero-order valence-electron chi connectivity index (χ0n) is 6.46. The van der Waals surface area contributed by atoms with Gasteiger partial charge in [0.05, 0.1) is 0 Å². The maximum atomic E-state index is 12.4. The third-order valence-corrected chi connectivity index (χ3v) is 1.94. The fourth-order valence-electron chi connectivity index (χ4n) is 0.553. The van der Waals surface area contributed by atoms with E-state index in [1.807, 2.05) is 0 Å². The van der Waals surface area contributed by atoms with Gasteiger partial charge in [-0.25, -0.2) is 4.79 Å². The largest absolute Gasteiger partial charge is 0.477 e. The van der Waals surface area contributed by atoms with Crippen molar-refractivity contribution >= 4 is 17.7 Å². The van der Waals surface area contributed by atoms with Crippen LogP contribution in [0.1, 0.15) is 6.42 Å². The third kappa shape index (κ3) is 2.94. The summed E-state index contributed by atoms with van der Waals surface area (Å²) in [5.41, 5.74) is 0. The lowest BCUT2D eigenvalue weighted by atomic mass is 10.1. The first-order valence-corrected chi connectivity index (χ1v) is 4.60. The maximum Gasteiger partial charge on any atom is 0.377 e.